The SMILES string of the molecule is CCC(CC)COC(=O)[C@@H](C)N. The van der Waals surface area contributed by atoms with Crippen molar-refractivity contribution >= 4 is 5.97 Å². The van der Waals surface area contributed by atoms with Crippen molar-refractivity contribution in [1.29, 1.82) is 0 Å². The summed E-state index contributed by atoms with van der Waals surface area (Å²) in [6.07, 6.45) is 2.09. The number of ether oxygens (including phenoxy) is 1. The summed E-state index contributed by atoms with van der Waals surface area (Å²) in [6.45, 7) is 6.32. The van der Waals surface area contributed by atoms with Gasteiger partial charge in [-0.1, -0.05) is 26.7 Å². The summed E-state index contributed by atoms with van der Waals surface area (Å²) in [5, 5.41) is 0. The first-order valence-electron chi connectivity index (χ1n) is 4.54. The second kappa shape index (κ2) is 6.00. The fourth-order valence-electron chi connectivity index (χ4n) is 0.856. The molecule has 0 aliphatic carbocycles. The second-order valence-electron chi connectivity index (χ2n) is 3.10. The van der Waals surface area contributed by atoms with Gasteiger partial charge < -0.3 is 10.5 Å². The van der Waals surface area contributed by atoms with Gasteiger partial charge in [-0.05, 0) is 12.8 Å². The van der Waals surface area contributed by atoms with Crippen LogP contribution in [0, 0.1) is 5.92 Å². The number of hydrogen-bond acceptors (Lipinski definition) is 3. The van der Waals surface area contributed by atoms with E-state index >= 15 is 0 Å². The largest absolute Gasteiger partial charge is 0.464 e. The van der Waals surface area contributed by atoms with Crippen molar-refractivity contribution in [1.82, 2.24) is 0 Å². The van der Waals surface area contributed by atoms with Crippen LogP contribution in [0.4, 0.5) is 0 Å². The van der Waals surface area contributed by atoms with E-state index in [1.165, 1.54) is 0 Å². The molecule has 1 atom stereocenters. The number of carbonyl (C=O) groups is 1. The minimum Gasteiger partial charge on any atom is -0.464 e. The van der Waals surface area contributed by atoms with Gasteiger partial charge >= 0.3 is 5.97 Å². The van der Waals surface area contributed by atoms with Crippen LogP contribution in [0.3, 0.4) is 0 Å². The summed E-state index contributed by atoms with van der Waals surface area (Å²) in [7, 11) is 0. The van der Waals surface area contributed by atoms with Crippen LogP contribution in [-0.4, -0.2) is 18.6 Å². The molecule has 0 spiro atoms. The van der Waals surface area contributed by atoms with Gasteiger partial charge in [0.2, 0.25) is 0 Å². The fraction of sp³-hybridized carbons (Fsp3) is 0.889. The molecule has 0 heterocycles. The third-order valence-corrected chi connectivity index (χ3v) is 1.99. The van der Waals surface area contributed by atoms with Crippen LogP contribution in [0.5, 0.6) is 0 Å². The minimum absolute atomic E-state index is 0.304. The average molecular weight is 173 g/mol. The molecule has 0 aromatic carbocycles. The molecule has 72 valence electrons. The lowest BCUT2D eigenvalue weighted by molar-refractivity contribution is -0.146. The molecule has 0 aromatic heterocycles. The lowest BCUT2D eigenvalue weighted by Crippen LogP contribution is -2.30. The Morgan fingerprint density at radius 1 is 1.42 bits per heavy atom. The minimum atomic E-state index is -0.501. The second-order valence-corrected chi connectivity index (χ2v) is 3.10. The Labute approximate surface area is 74.3 Å². The highest BCUT2D eigenvalue weighted by Crippen LogP contribution is 2.07. The summed E-state index contributed by atoms with van der Waals surface area (Å²) in [5.41, 5.74) is 5.33. The standard InChI is InChI=1S/C9H19NO2/c1-4-8(5-2)6-12-9(11)7(3)10/h7-8H,4-6,10H2,1-3H3/t7-/m1/s1. The molecule has 12 heavy (non-hydrogen) atoms. The molecule has 3 heteroatoms. The van der Waals surface area contributed by atoms with Crippen LogP contribution in [0.25, 0.3) is 0 Å². The quantitative estimate of drug-likeness (QED) is 0.638. The Kier molecular flexibility index (Phi) is 5.72. The van der Waals surface area contributed by atoms with Crippen molar-refractivity contribution in [2.24, 2.45) is 11.7 Å². The lowest BCUT2D eigenvalue weighted by atomic mass is 10.1. The first-order valence-corrected chi connectivity index (χ1v) is 4.54. The molecule has 0 aliphatic rings. The van der Waals surface area contributed by atoms with E-state index < -0.39 is 6.04 Å². The van der Waals surface area contributed by atoms with Crippen LogP contribution >= 0.6 is 0 Å². The third-order valence-electron chi connectivity index (χ3n) is 1.99. The number of esters is 1. The van der Waals surface area contributed by atoms with Crippen LogP contribution in [0.1, 0.15) is 33.6 Å². The zero-order chi connectivity index (χ0) is 9.56. The molecule has 0 aromatic rings. The van der Waals surface area contributed by atoms with Crippen molar-refractivity contribution in [2.45, 2.75) is 39.7 Å². The van der Waals surface area contributed by atoms with E-state index in [0.29, 0.717) is 12.5 Å². The van der Waals surface area contributed by atoms with Crippen LogP contribution in [-0.2, 0) is 9.53 Å². The van der Waals surface area contributed by atoms with Crippen LogP contribution in [0.15, 0.2) is 0 Å². The smallest absolute Gasteiger partial charge is 0.322 e. The van der Waals surface area contributed by atoms with Crippen LogP contribution < -0.4 is 5.73 Å². The molecular weight excluding hydrogens is 154 g/mol. The maximum absolute atomic E-state index is 10.9. The van der Waals surface area contributed by atoms with Crippen molar-refractivity contribution in [3.63, 3.8) is 0 Å². The lowest BCUT2D eigenvalue weighted by Gasteiger charge is -2.13. The Morgan fingerprint density at radius 3 is 2.25 bits per heavy atom. The normalized spacial score (nSPS) is 13.1. The predicted octanol–water partition coefficient (Wildman–Crippen LogP) is 1.31. The van der Waals surface area contributed by atoms with Crippen molar-refractivity contribution in [3.8, 4) is 0 Å². The van der Waals surface area contributed by atoms with E-state index in [4.69, 9.17) is 10.5 Å². The van der Waals surface area contributed by atoms with Gasteiger partial charge in [-0.2, -0.15) is 0 Å². The van der Waals surface area contributed by atoms with E-state index in [0.717, 1.165) is 12.8 Å². The average Bonchev–Trinajstić information content (AvgIpc) is 2.05. The topological polar surface area (TPSA) is 52.3 Å². The van der Waals surface area contributed by atoms with Crippen molar-refractivity contribution in [3.05, 3.63) is 0 Å². The molecule has 0 bridgehead atoms. The highest BCUT2D eigenvalue weighted by molar-refractivity contribution is 5.74. The van der Waals surface area contributed by atoms with E-state index in [2.05, 4.69) is 13.8 Å². The summed E-state index contributed by atoms with van der Waals surface area (Å²) >= 11 is 0. The number of nitrogens with two attached hydrogens (primary N) is 1. The van der Waals surface area contributed by atoms with Gasteiger partial charge in [-0.3, -0.25) is 4.79 Å². The van der Waals surface area contributed by atoms with Gasteiger partial charge in [0, 0.05) is 0 Å². The fourth-order valence-corrected chi connectivity index (χ4v) is 0.856. The van der Waals surface area contributed by atoms with E-state index in [9.17, 15) is 4.79 Å². The Balaban J connectivity index is 3.59. The van der Waals surface area contributed by atoms with Gasteiger partial charge in [0.05, 0.1) is 6.61 Å². The van der Waals surface area contributed by atoms with Gasteiger partial charge in [-0.25, -0.2) is 0 Å². The maximum atomic E-state index is 10.9. The molecule has 0 rings (SSSR count). The monoisotopic (exact) mass is 173 g/mol. The molecule has 0 unspecified atom stereocenters. The number of carbonyl (C=O) groups excluding carboxylic acids is 1. The molecule has 3 nitrogen and oxygen atoms in total. The molecule has 0 saturated heterocycles. The molecule has 0 fully saturated rings. The Hall–Kier alpha value is -0.570. The third kappa shape index (κ3) is 4.34. The van der Waals surface area contributed by atoms with Crippen LogP contribution in [0.2, 0.25) is 0 Å². The predicted molar refractivity (Wildman–Crippen MR) is 48.7 cm³/mol. The molecule has 2 N–H and O–H groups in total. The first-order chi connectivity index (χ1) is 5.61. The Morgan fingerprint density at radius 2 is 1.92 bits per heavy atom. The number of rotatable bonds is 5. The number of hydrogen-bond donors (Lipinski definition) is 1. The van der Waals surface area contributed by atoms with Gasteiger partial charge in [0.25, 0.3) is 0 Å². The molecule has 0 amide bonds. The van der Waals surface area contributed by atoms with Gasteiger partial charge in [0.15, 0.2) is 0 Å². The zero-order valence-electron chi connectivity index (χ0n) is 8.17. The summed E-state index contributed by atoms with van der Waals surface area (Å²) < 4.78 is 4.98. The highest BCUT2D eigenvalue weighted by atomic mass is 16.5. The maximum Gasteiger partial charge on any atom is 0.322 e. The first kappa shape index (κ1) is 11.4. The van der Waals surface area contributed by atoms with Gasteiger partial charge in [-0.15, -0.1) is 0 Å². The summed E-state index contributed by atoms with van der Waals surface area (Å²) in [4.78, 5) is 10.9. The van der Waals surface area contributed by atoms with Crippen molar-refractivity contribution < 1.29 is 9.53 Å². The van der Waals surface area contributed by atoms with Gasteiger partial charge in [0.1, 0.15) is 6.04 Å². The zero-order valence-corrected chi connectivity index (χ0v) is 8.17. The van der Waals surface area contributed by atoms with E-state index in [1.54, 1.807) is 6.92 Å². The molecule has 0 radical (unpaired) electrons. The highest BCUT2D eigenvalue weighted by Gasteiger charge is 2.11. The van der Waals surface area contributed by atoms with E-state index in [1.807, 2.05) is 0 Å². The summed E-state index contributed by atoms with van der Waals surface area (Å²) in [6, 6.07) is -0.501. The molecule has 0 aliphatic heterocycles. The molecular formula is C9H19NO2. The van der Waals surface area contributed by atoms with E-state index in [-0.39, 0.29) is 5.97 Å². The Bertz CT molecular complexity index is 130. The summed E-state index contributed by atoms with van der Waals surface area (Å²) in [5.74, 6) is 0.176. The molecule has 0 saturated carbocycles. The van der Waals surface area contributed by atoms with Crippen molar-refractivity contribution in [2.75, 3.05) is 6.61 Å².